The predicted molar refractivity (Wildman–Crippen MR) is 68.1 cm³/mol. The van der Waals surface area contributed by atoms with Crippen molar-refractivity contribution in [2.24, 2.45) is 0 Å². The van der Waals surface area contributed by atoms with Crippen LogP contribution in [0.5, 0.6) is 0 Å². The molecule has 1 heterocycles. The van der Waals surface area contributed by atoms with Crippen LogP contribution in [0.25, 0.3) is 11.4 Å². The maximum Gasteiger partial charge on any atom is 0.195 e. The summed E-state index contributed by atoms with van der Waals surface area (Å²) in [6, 6.07) is 7.47. The summed E-state index contributed by atoms with van der Waals surface area (Å²) in [7, 11) is 0. The zero-order valence-corrected chi connectivity index (χ0v) is 10.1. The quantitative estimate of drug-likeness (QED) is 0.670. The van der Waals surface area contributed by atoms with Gasteiger partial charge in [-0.2, -0.15) is 5.10 Å². The van der Waals surface area contributed by atoms with Gasteiger partial charge >= 0.3 is 0 Å². The zero-order valence-electron chi connectivity index (χ0n) is 8.48. The van der Waals surface area contributed by atoms with E-state index in [1.807, 2.05) is 28.8 Å². The largest absolute Gasteiger partial charge is 0.296 e. The van der Waals surface area contributed by atoms with Crippen LogP contribution in [0.4, 0.5) is 0 Å². The highest BCUT2D eigenvalue weighted by Gasteiger charge is 2.06. The Morgan fingerprint density at radius 2 is 2.12 bits per heavy atom. The molecular formula is C11H10ClN3S. The third-order valence-electron chi connectivity index (χ3n) is 2.17. The number of hydrogen-bond donors (Lipinski definition) is 1. The molecule has 5 heteroatoms. The fourth-order valence-corrected chi connectivity index (χ4v) is 1.77. The Labute approximate surface area is 103 Å². The Bertz CT molecular complexity index is 553. The first-order valence-electron chi connectivity index (χ1n) is 4.74. The number of H-pyrrole nitrogens is 1. The molecule has 1 N–H and O–H groups in total. The van der Waals surface area contributed by atoms with Crippen molar-refractivity contribution < 1.29 is 0 Å². The van der Waals surface area contributed by atoms with Crippen LogP contribution in [-0.4, -0.2) is 14.8 Å². The van der Waals surface area contributed by atoms with Crippen molar-refractivity contribution in [3.8, 4) is 11.4 Å². The average molecular weight is 252 g/mol. The number of allylic oxidation sites excluding steroid dienone is 1. The molecule has 16 heavy (non-hydrogen) atoms. The molecule has 0 unspecified atom stereocenters. The van der Waals surface area contributed by atoms with Crippen molar-refractivity contribution in [1.82, 2.24) is 14.8 Å². The minimum Gasteiger partial charge on any atom is -0.296 e. The Morgan fingerprint density at radius 3 is 2.75 bits per heavy atom. The molecule has 0 fully saturated rings. The maximum atomic E-state index is 5.83. The third-order valence-corrected chi connectivity index (χ3v) is 2.74. The highest BCUT2D eigenvalue weighted by molar-refractivity contribution is 7.71. The van der Waals surface area contributed by atoms with Crippen molar-refractivity contribution >= 4 is 23.8 Å². The summed E-state index contributed by atoms with van der Waals surface area (Å²) >= 11 is 11.0. The van der Waals surface area contributed by atoms with E-state index in [1.165, 1.54) is 0 Å². The van der Waals surface area contributed by atoms with Crippen molar-refractivity contribution in [2.45, 2.75) is 6.54 Å². The van der Waals surface area contributed by atoms with E-state index in [0.717, 1.165) is 11.4 Å². The average Bonchev–Trinajstić information content (AvgIpc) is 2.63. The molecule has 3 nitrogen and oxygen atoms in total. The van der Waals surface area contributed by atoms with Crippen LogP contribution in [-0.2, 0) is 6.54 Å². The number of benzene rings is 1. The maximum absolute atomic E-state index is 5.83. The molecule has 0 saturated heterocycles. The Balaban J connectivity index is 2.51. The molecule has 0 aliphatic carbocycles. The first kappa shape index (κ1) is 11.1. The number of nitrogens with zero attached hydrogens (tertiary/aromatic N) is 2. The van der Waals surface area contributed by atoms with Gasteiger partial charge in [0.15, 0.2) is 10.6 Å². The minimum atomic E-state index is 0.588. The second kappa shape index (κ2) is 4.63. The van der Waals surface area contributed by atoms with Crippen LogP contribution in [0.2, 0.25) is 5.02 Å². The van der Waals surface area contributed by atoms with E-state index >= 15 is 0 Å². The fourth-order valence-electron chi connectivity index (χ4n) is 1.44. The molecule has 0 amide bonds. The van der Waals surface area contributed by atoms with E-state index in [1.54, 1.807) is 6.08 Å². The van der Waals surface area contributed by atoms with Gasteiger partial charge in [-0.1, -0.05) is 17.7 Å². The van der Waals surface area contributed by atoms with E-state index in [4.69, 9.17) is 23.8 Å². The summed E-state index contributed by atoms with van der Waals surface area (Å²) < 4.78 is 2.47. The van der Waals surface area contributed by atoms with Crippen LogP contribution < -0.4 is 0 Å². The summed E-state index contributed by atoms with van der Waals surface area (Å²) in [6.07, 6.45) is 1.78. The molecule has 1 aromatic heterocycles. The van der Waals surface area contributed by atoms with Crippen LogP contribution in [0.1, 0.15) is 0 Å². The lowest BCUT2D eigenvalue weighted by Gasteiger charge is -2.03. The second-order valence-corrected chi connectivity index (χ2v) is 4.08. The van der Waals surface area contributed by atoms with E-state index in [2.05, 4.69) is 16.8 Å². The number of nitrogens with one attached hydrogen (secondary N) is 1. The molecule has 0 spiro atoms. The van der Waals surface area contributed by atoms with Crippen LogP contribution in [0, 0.1) is 4.77 Å². The van der Waals surface area contributed by atoms with Crippen molar-refractivity contribution in [1.29, 1.82) is 0 Å². The van der Waals surface area contributed by atoms with E-state index in [9.17, 15) is 0 Å². The normalized spacial score (nSPS) is 10.3. The number of halogens is 1. The van der Waals surface area contributed by atoms with Gasteiger partial charge in [-0.05, 0) is 36.5 Å². The Morgan fingerprint density at radius 1 is 1.44 bits per heavy atom. The lowest BCUT2D eigenvalue weighted by Crippen LogP contribution is -1.98. The van der Waals surface area contributed by atoms with E-state index in [0.29, 0.717) is 16.3 Å². The second-order valence-electron chi connectivity index (χ2n) is 3.26. The van der Waals surface area contributed by atoms with Gasteiger partial charge in [0.05, 0.1) is 0 Å². The summed E-state index contributed by atoms with van der Waals surface area (Å²) in [5, 5.41) is 7.66. The summed E-state index contributed by atoms with van der Waals surface area (Å²) in [4.78, 5) is 0. The fraction of sp³-hybridized carbons (Fsp3) is 0.0909. The summed E-state index contributed by atoms with van der Waals surface area (Å²) in [5.74, 6) is 0.793. The summed E-state index contributed by atoms with van der Waals surface area (Å²) in [6.45, 7) is 4.33. The number of hydrogen-bond acceptors (Lipinski definition) is 2. The van der Waals surface area contributed by atoms with Gasteiger partial charge in [-0.3, -0.25) is 9.67 Å². The topological polar surface area (TPSA) is 33.6 Å². The molecule has 0 aliphatic heterocycles. The van der Waals surface area contributed by atoms with E-state index in [-0.39, 0.29) is 0 Å². The van der Waals surface area contributed by atoms with Crippen LogP contribution in [0.15, 0.2) is 36.9 Å². The smallest absolute Gasteiger partial charge is 0.195 e. The van der Waals surface area contributed by atoms with Gasteiger partial charge in [0.25, 0.3) is 0 Å². The number of rotatable bonds is 3. The minimum absolute atomic E-state index is 0.588. The first-order chi connectivity index (χ1) is 7.72. The standard InChI is InChI=1S/C11H10ClN3S/c1-2-7-15-10(13-14-11(15)16)8-3-5-9(12)6-4-8/h2-6H,1,7H2,(H,14,16). The van der Waals surface area contributed by atoms with Crippen LogP contribution in [0.3, 0.4) is 0 Å². The molecule has 82 valence electrons. The molecule has 0 radical (unpaired) electrons. The predicted octanol–water partition coefficient (Wildman–Crippen LogP) is 3.45. The zero-order chi connectivity index (χ0) is 11.5. The van der Waals surface area contributed by atoms with Gasteiger partial charge in [0.1, 0.15) is 0 Å². The lowest BCUT2D eigenvalue weighted by atomic mass is 10.2. The van der Waals surface area contributed by atoms with E-state index < -0.39 is 0 Å². The highest BCUT2D eigenvalue weighted by Crippen LogP contribution is 2.19. The molecule has 2 aromatic rings. The molecule has 0 saturated carbocycles. The van der Waals surface area contributed by atoms with Crippen LogP contribution >= 0.6 is 23.8 Å². The van der Waals surface area contributed by atoms with Crippen molar-refractivity contribution in [2.75, 3.05) is 0 Å². The summed E-state index contributed by atoms with van der Waals surface area (Å²) in [5.41, 5.74) is 0.971. The Kier molecular flexibility index (Phi) is 3.22. The molecule has 1 aromatic carbocycles. The highest BCUT2D eigenvalue weighted by atomic mass is 35.5. The molecule has 0 bridgehead atoms. The molecule has 0 aliphatic rings. The Hall–Kier alpha value is -1.39. The number of aromatic nitrogens is 3. The van der Waals surface area contributed by atoms with Crippen molar-refractivity contribution in [3.05, 3.63) is 46.7 Å². The number of aromatic amines is 1. The van der Waals surface area contributed by atoms with Gasteiger partial charge in [-0.15, -0.1) is 6.58 Å². The third kappa shape index (κ3) is 2.08. The SMILES string of the molecule is C=CCn1c(-c2ccc(Cl)cc2)n[nH]c1=S. The first-order valence-corrected chi connectivity index (χ1v) is 5.53. The van der Waals surface area contributed by atoms with Gasteiger partial charge in [-0.25, -0.2) is 0 Å². The van der Waals surface area contributed by atoms with Gasteiger partial charge in [0, 0.05) is 17.1 Å². The lowest BCUT2D eigenvalue weighted by molar-refractivity contribution is 0.814. The van der Waals surface area contributed by atoms with Gasteiger partial charge < -0.3 is 0 Å². The monoisotopic (exact) mass is 251 g/mol. The molecule has 0 atom stereocenters. The van der Waals surface area contributed by atoms with Gasteiger partial charge in [0.2, 0.25) is 0 Å². The van der Waals surface area contributed by atoms with Crippen molar-refractivity contribution in [3.63, 3.8) is 0 Å². The molecule has 2 rings (SSSR count). The molecular weight excluding hydrogens is 242 g/mol.